The molecule has 0 aromatic carbocycles. The quantitative estimate of drug-likeness (QED) is 0.767. The van der Waals surface area contributed by atoms with E-state index >= 15 is 0 Å². The topological polar surface area (TPSA) is 62.5 Å². The molecule has 0 aromatic heterocycles. The molecular formula is C14H25NO3. The second-order valence-corrected chi connectivity index (χ2v) is 5.77. The first-order valence-corrected chi connectivity index (χ1v) is 6.60. The summed E-state index contributed by atoms with van der Waals surface area (Å²) in [6.07, 6.45) is 3.48. The first-order valence-electron chi connectivity index (χ1n) is 6.60. The van der Waals surface area contributed by atoms with Crippen LogP contribution in [0.3, 0.4) is 0 Å². The summed E-state index contributed by atoms with van der Waals surface area (Å²) in [5, 5.41) is 20.3. The van der Waals surface area contributed by atoms with Gasteiger partial charge in [-0.25, -0.2) is 0 Å². The van der Waals surface area contributed by atoms with Crippen molar-refractivity contribution in [2.45, 2.75) is 57.8 Å². The van der Waals surface area contributed by atoms with Crippen molar-refractivity contribution >= 4 is 0 Å². The third-order valence-corrected chi connectivity index (χ3v) is 4.33. The second kappa shape index (κ2) is 6.01. The zero-order chi connectivity index (χ0) is 13.8. The van der Waals surface area contributed by atoms with Gasteiger partial charge in [0.2, 0.25) is 0 Å². The normalized spacial score (nSPS) is 31.9. The molecule has 0 spiro atoms. The molecule has 0 bridgehead atoms. The Kier molecular flexibility index (Phi) is 5.15. The van der Waals surface area contributed by atoms with Gasteiger partial charge in [0.1, 0.15) is 0 Å². The maximum atomic E-state index is 10.8. The van der Waals surface area contributed by atoms with Crippen molar-refractivity contribution in [2.75, 3.05) is 14.2 Å². The number of nitriles is 1. The number of nitrogens with zero attached hydrogens (tertiary/aromatic N) is 1. The van der Waals surface area contributed by atoms with E-state index in [9.17, 15) is 10.4 Å². The largest absolute Gasteiger partial charge is 0.388 e. The minimum absolute atomic E-state index is 0.320. The SMILES string of the molecule is COC(CC(C)(O)C1(C#N)CCCC(C)C1)OC. The number of hydrogen-bond donors (Lipinski definition) is 1. The Balaban J connectivity index is 2.88. The molecule has 0 aliphatic heterocycles. The molecule has 0 amide bonds. The van der Waals surface area contributed by atoms with Crippen LogP contribution in [0.1, 0.15) is 46.0 Å². The van der Waals surface area contributed by atoms with Crippen LogP contribution in [0.2, 0.25) is 0 Å². The van der Waals surface area contributed by atoms with Gasteiger partial charge in [0.25, 0.3) is 0 Å². The summed E-state index contributed by atoms with van der Waals surface area (Å²) in [7, 11) is 3.10. The summed E-state index contributed by atoms with van der Waals surface area (Å²) in [5.41, 5.74) is -1.77. The van der Waals surface area contributed by atoms with Crippen LogP contribution >= 0.6 is 0 Å². The molecule has 4 heteroatoms. The average Bonchev–Trinajstić information content (AvgIpc) is 2.35. The highest BCUT2D eigenvalue weighted by molar-refractivity contribution is 5.11. The van der Waals surface area contributed by atoms with Gasteiger partial charge in [0.15, 0.2) is 6.29 Å². The van der Waals surface area contributed by atoms with E-state index in [0.717, 1.165) is 25.7 Å². The molecule has 1 aliphatic carbocycles. The number of aliphatic hydroxyl groups is 1. The number of rotatable bonds is 5. The summed E-state index contributed by atoms with van der Waals surface area (Å²) in [4.78, 5) is 0. The first-order chi connectivity index (χ1) is 8.40. The van der Waals surface area contributed by atoms with Gasteiger partial charge in [-0.3, -0.25) is 0 Å². The van der Waals surface area contributed by atoms with Gasteiger partial charge >= 0.3 is 0 Å². The summed E-state index contributed by atoms with van der Waals surface area (Å²) in [5.74, 6) is 0.480. The van der Waals surface area contributed by atoms with Crippen molar-refractivity contribution in [1.29, 1.82) is 5.26 Å². The van der Waals surface area contributed by atoms with E-state index in [4.69, 9.17) is 9.47 Å². The lowest BCUT2D eigenvalue weighted by molar-refractivity contribution is -0.168. The Hall–Kier alpha value is -0.630. The van der Waals surface area contributed by atoms with Gasteiger partial charge in [-0.1, -0.05) is 19.8 Å². The molecule has 0 saturated heterocycles. The first kappa shape index (κ1) is 15.4. The molecule has 1 fully saturated rings. The van der Waals surface area contributed by atoms with Crippen LogP contribution in [-0.2, 0) is 9.47 Å². The van der Waals surface area contributed by atoms with E-state index in [0.29, 0.717) is 12.3 Å². The molecule has 3 atom stereocenters. The van der Waals surface area contributed by atoms with Crippen molar-refractivity contribution in [2.24, 2.45) is 11.3 Å². The van der Waals surface area contributed by atoms with Crippen LogP contribution in [0.4, 0.5) is 0 Å². The Labute approximate surface area is 110 Å². The maximum absolute atomic E-state index is 10.8. The number of hydrogen-bond acceptors (Lipinski definition) is 4. The summed E-state index contributed by atoms with van der Waals surface area (Å²) >= 11 is 0. The van der Waals surface area contributed by atoms with E-state index in [1.165, 1.54) is 0 Å². The van der Waals surface area contributed by atoms with Crippen molar-refractivity contribution in [3.8, 4) is 6.07 Å². The highest BCUT2D eigenvalue weighted by atomic mass is 16.7. The van der Waals surface area contributed by atoms with Crippen molar-refractivity contribution in [3.05, 3.63) is 0 Å². The van der Waals surface area contributed by atoms with E-state index in [1.54, 1.807) is 21.1 Å². The van der Waals surface area contributed by atoms with Crippen LogP contribution in [0.25, 0.3) is 0 Å². The molecule has 0 heterocycles. The molecule has 1 saturated carbocycles. The molecule has 0 radical (unpaired) electrons. The molecule has 18 heavy (non-hydrogen) atoms. The average molecular weight is 255 g/mol. The van der Waals surface area contributed by atoms with Crippen molar-refractivity contribution in [1.82, 2.24) is 0 Å². The zero-order valence-electron chi connectivity index (χ0n) is 11.9. The summed E-state index contributed by atoms with van der Waals surface area (Å²) in [6.45, 7) is 3.88. The van der Waals surface area contributed by atoms with E-state index in [-0.39, 0.29) is 0 Å². The fourth-order valence-electron chi connectivity index (χ4n) is 3.05. The van der Waals surface area contributed by atoms with Gasteiger partial charge in [-0.15, -0.1) is 0 Å². The van der Waals surface area contributed by atoms with E-state index in [1.807, 2.05) is 0 Å². The Bertz CT molecular complexity index is 307. The minimum Gasteiger partial charge on any atom is -0.388 e. The fraction of sp³-hybridized carbons (Fsp3) is 0.929. The molecule has 1 rings (SSSR count). The van der Waals surface area contributed by atoms with Crippen LogP contribution in [0, 0.1) is 22.7 Å². The van der Waals surface area contributed by atoms with Crippen LogP contribution in [-0.4, -0.2) is 31.2 Å². The minimum atomic E-state index is -1.09. The highest BCUT2D eigenvalue weighted by Crippen LogP contribution is 2.48. The van der Waals surface area contributed by atoms with Crippen molar-refractivity contribution < 1.29 is 14.6 Å². The molecule has 1 N–H and O–H groups in total. The molecule has 104 valence electrons. The molecule has 0 aromatic rings. The van der Waals surface area contributed by atoms with Crippen LogP contribution in [0.5, 0.6) is 0 Å². The second-order valence-electron chi connectivity index (χ2n) is 5.77. The standard InChI is InChI=1S/C14H25NO3/c1-11-6-5-7-14(8-11,10-15)13(2,16)9-12(17-3)18-4/h11-12,16H,5-9H2,1-4H3. The molecule has 4 nitrogen and oxygen atoms in total. The number of methoxy groups -OCH3 is 2. The predicted molar refractivity (Wildman–Crippen MR) is 68.7 cm³/mol. The lowest BCUT2D eigenvalue weighted by Gasteiger charge is -2.45. The van der Waals surface area contributed by atoms with Crippen molar-refractivity contribution in [3.63, 3.8) is 0 Å². The third-order valence-electron chi connectivity index (χ3n) is 4.33. The predicted octanol–water partition coefficient (Wildman–Crippen LogP) is 2.47. The van der Waals surface area contributed by atoms with Gasteiger partial charge in [-0.2, -0.15) is 5.26 Å². The fourth-order valence-corrected chi connectivity index (χ4v) is 3.05. The highest BCUT2D eigenvalue weighted by Gasteiger charge is 2.50. The van der Waals surface area contributed by atoms with Gasteiger partial charge < -0.3 is 14.6 Å². The lowest BCUT2D eigenvalue weighted by Crippen LogP contribution is -2.50. The Morgan fingerprint density at radius 3 is 2.56 bits per heavy atom. The number of ether oxygens (including phenoxy) is 2. The summed E-state index contributed by atoms with van der Waals surface area (Å²) < 4.78 is 10.3. The zero-order valence-corrected chi connectivity index (χ0v) is 11.9. The molecular weight excluding hydrogens is 230 g/mol. The molecule has 3 unspecified atom stereocenters. The summed E-state index contributed by atoms with van der Waals surface area (Å²) in [6, 6.07) is 2.38. The van der Waals surface area contributed by atoms with Gasteiger partial charge in [0, 0.05) is 20.6 Å². The van der Waals surface area contributed by atoms with E-state index in [2.05, 4.69) is 13.0 Å². The van der Waals surface area contributed by atoms with Gasteiger partial charge in [0.05, 0.1) is 17.1 Å². The van der Waals surface area contributed by atoms with Crippen LogP contribution in [0.15, 0.2) is 0 Å². The Morgan fingerprint density at radius 2 is 2.11 bits per heavy atom. The maximum Gasteiger partial charge on any atom is 0.159 e. The third kappa shape index (κ3) is 3.03. The van der Waals surface area contributed by atoms with Gasteiger partial charge in [-0.05, 0) is 25.7 Å². The monoisotopic (exact) mass is 255 g/mol. The lowest BCUT2D eigenvalue weighted by atomic mass is 9.61. The Morgan fingerprint density at radius 1 is 1.50 bits per heavy atom. The smallest absolute Gasteiger partial charge is 0.159 e. The van der Waals surface area contributed by atoms with Crippen LogP contribution < -0.4 is 0 Å². The van der Waals surface area contributed by atoms with E-state index < -0.39 is 17.3 Å². The molecule has 1 aliphatic rings.